The molecule has 0 amide bonds. The fourth-order valence-corrected chi connectivity index (χ4v) is 2.48. The van der Waals surface area contributed by atoms with Crippen molar-refractivity contribution >= 4 is 6.29 Å². The highest BCUT2D eigenvalue weighted by Crippen LogP contribution is 2.45. The van der Waals surface area contributed by atoms with Crippen molar-refractivity contribution in [2.24, 2.45) is 0 Å². The van der Waals surface area contributed by atoms with E-state index in [0.717, 1.165) is 11.6 Å². The highest BCUT2D eigenvalue weighted by atomic mass is 16.5. The smallest absolute Gasteiger partial charge is 0.153 e. The van der Waals surface area contributed by atoms with E-state index in [1.165, 1.54) is 6.07 Å². The Balaban J connectivity index is 2.18. The van der Waals surface area contributed by atoms with E-state index in [1.807, 2.05) is 0 Å². The monoisotopic (exact) mass is 287 g/mol. The molecule has 0 aliphatic carbocycles. The van der Waals surface area contributed by atoms with Crippen LogP contribution in [-0.4, -0.2) is 26.6 Å². The second-order valence-electron chi connectivity index (χ2n) is 4.91. The van der Waals surface area contributed by atoms with E-state index >= 15 is 0 Å². The second-order valence-corrected chi connectivity index (χ2v) is 4.91. The van der Waals surface area contributed by atoms with Crippen molar-refractivity contribution in [3.8, 4) is 17.2 Å². The van der Waals surface area contributed by atoms with Gasteiger partial charge in [0.05, 0.1) is 17.9 Å². The van der Waals surface area contributed by atoms with Crippen LogP contribution in [0, 0.1) is 6.92 Å². The number of rotatable bonds is 2. The fraction of sp³-hybridized carbons (Fsp3) is 0.200. The molecule has 1 aliphatic heterocycles. The van der Waals surface area contributed by atoms with E-state index in [2.05, 4.69) is 4.98 Å². The Labute approximate surface area is 120 Å². The molecule has 1 aromatic carbocycles. The Morgan fingerprint density at radius 3 is 2.76 bits per heavy atom. The first-order valence-corrected chi connectivity index (χ1v) is 6.33. The summed E-state index contributed by atoms with van der Waals surface area (Å²) in [5, 5.41) is 29.7. The molecule has 2 aromatic rings. The zero-order valence-electron chi connectivity index (χ0n) is 11.2. The topological polar surface area (TPSA) is 99.9 Å². The van der Waals surface area contributed by atoms with Crippen LogP contribution in [0.4, 0.5) is 0 Å². The number of aromatic nitrogens is 1. The minimum Gasteiger partial charge on any atom is -0.507 e. The van der Waals surface area contributed by atoms with Crippen LogP contribution in [0.25, 0.3) is 0 Å². The molecule has 2 heterocycles. The molecule has 0 saturated heterocycles. The van der Waals surface area contributed by atoms with Crippen molar-refractivity contribution in [1.82, 2.24) is 4.98 Å². The molecule has 6 nitrogen and oxygen atoms in total. The van der Waals surface area contributed by atoms with E-state index in [9.17, 15) is 20.1 Å². The van der Waals surface area contributed by atoms with Crippen LogP contribution < -0.4 is 0 Å². The number of carbonyl (C=O) groups excluding carboxylic acids is 1. The Hall–Kier alpha value is -2.60. The first-order chi connectivity index (χ1) is 10.0. The van der Waals surface area contributed by atoms with E-state index < -0.39 is 6.10 Å². The number of phenols is 2. The second kappa shape index (κ2) is 4.75. The number of aryl methyl sites for hydroxylation is 1. The van der Waals surface area contributed by atoms with Gasteiger partial charge in [0.1, 0.15) is 23.4 Å². The molecule has 1 aromatic heterocycles. The maximum atomic E-state index is 10.9. The summed E-state index contributed by atoms with van der Waals surface area (Å²) in [6, 6.07) is 2.44. The van der Waals surface area contributed by atoms with Gasteiger partial charge < -0.3 is 20.1 Å². The van der Waals surface area contributed by atoms with Gasteiger partial charge >= 0.3 is 0 Å². The van der Waals surface area contributed by atoms with Gasteiger partial charge in [-0.1, -0.05) is 0 Å². The van der Waals surface area contributed by atoms with Gasteiger partial charge in [-0.3, -0.25) is 9.78 Å². The summed E-state index contributed by atoms with van der Waals surface area (Å²) in [5.41, 5.74) is 2.07. The molecule has 0 fully saturated rings. The van der Waals surface area contributed by atoms with Crippen LogP contribution in [0.3, 0.4) is 0 Å². The van der Waals surface area contributed by atoms with Crippen LogP contribution >= 0.6 is 0 Å². The number of hydrogen-bond acceptors (Lipinski definition) is 6. The fourth-order valence-electron chi connectivity index (χ4n) is 2.48. The van der Waals surface area contributed by atoms with E-state index in [-0.39, 0.29) is 29.4 Å². The third-order valence-electron chi connectivity index (χ3n) is 3.61. The number of hydrogen-bond donors (Lipinski definition) is 3. The standard InChI is InChI=1S/C15H13NO5/c1-7-14(20)13-9(4-16-7)6-21-15(13)10-2-8(5-17)11(18)3-12(10)19/h2-5,15,18-20H,6H2,1H3. The van der Waals surface area contributed by atoms with Crippen molar-refractivity contribution < 1.29 is 24.9 Å². The van der Waals surface area contributed by atoms with Gasteiger partial charge in [-0.15, -0.1) is 0 Å². The molecule has 1 aliphatic rings. The van der Waals surface area contributed by atoms with Gasteiger partial charge in [0, 0.05) is 29.0 Å². The molecular weight excluding hydrogens is 274 g/mol. The molecule has 1 atom stereocenters. The molecule has 6 heteroatoms. The summed E-state index contributed by atoms with van der Waals surface area (Å²) in [6.07, 6.45) is 1.40. The summed E-state index contributed by atoms with van der Waals surface area (Å²) >= 11 is 0. The summed E-state index contributed by atoms with van der Waals surface area (Å²) in [7, 11) is 0. The van der Waals surface area contributed by atoms with Crippen LogP contribution in [0.1, 0.15) is 38.8 Å². The van der Waals surface area contributed by atoms with Gasteiger partial charge in [-0.2, -0.15) is 0 Å². The van der Waals surface area contributed by atoms with Crippen molar-refractivity contribution in [3.63, 3.8) is 0 Å². The lowest BCUT2D eigenvalue weighted by molar-refractivity contribution is 0.0909. The van der Waals surface area contributed by atoms with E-state index in [1.54, 1.807) is 13.1 Å². The number of benzene rings is 1. The molecular formula is C15H13NO5. The van der Waals surface area contributed by atoms with Crippen molar-refractivity contribution in [1.29, 1.82) is 0 Å². The summed E-state index contributed by atoms with van der Waals surface area (Å²) in [4.78, 5) is 15.0. The Morgan fingerprint density at radius 2 is 2.05 bits per heavy atom. The van der Waals surface area contributed by atoms with Crippen molar-refractivity contribution in [3.05, 3.63) is 46.3 Å². The Bertz CT molecular complexity index is 741. The molecule has 0 bridgehead atoms. The number of phenolic OH excluding ortho intramolecular Hbond substituents is 2. The minimum atomic E-state index is -0.707. The van der Waals surface area contributed by atoms with Crippen molar-refractivity contribution in [2.45, 2.75) is 19.6 Å². The quantitative estimate of drug-likeness (QED) is 0.730. The Morgan fingerprint density at radius 1 is 1.29 bits per heavy atom. The highest BCUT2D eigenvalue weighted by molar-refractivity contribution is 5.80. The van der Waals surface area contributed by atoms with Crippen LogP contribution in [0.2, 0.25) is 0 Å². The normalized spacial score (nSPS) is 16.7. The van der Waals surface area contributed by atoms with E-state index in [0.29, 0.717) is 23.1 Å². The van der Waals surface area contributed by atoms with E-state index in [4.69, 9.17) is 4.74 Å². The molecule has 108 valence electrons. The lowest BCUT2D eigenvalue weighted by Crippen LogP contribution is -2.02. The molecule has 21 heavy (non-hydrogen) atoms. The third kappa shape index (κ3) is 2.00. The largest absolute Gasteiger partial charge is 0.507 e. The number of nitrogens with zero attached hydrogens (tertiary/aromatic N) is 1. The molecule has 0 saturated carbocycles. The molecule has 3 rings (SSSR count). The van der Waals surface area contributed by atoms with Gasteiger partial charge in [0.15, 0.2) is 6.29 Å². The Kier molecular flexibility index (Phi) is 3.03. The summed E-state index contributed by atoms with van der Waals surface area (Å²) < 4.78 is 5.61. The average molecular weight is 287 g/mol. The number of fused-ring (bicyclic) bond motifs is 1. The SMILES string of the molecule is Cc1ncc2c(c1O)C(c1cc(C=O)c(O)cc1O)OC2. The lowest BCUT2D eigenvalue weighted by atomic mass is 9.96. The number of aromatic hydroxyl groups is 3. The molecule has 0 radical (unpaired) electrons. The number of carbonyl (C=O) groups is 1. The number of aldehydes is 1. The van der Waals surface area contributed by atoms with Crippen LogP contribution in [0.5, 0.6) is 17.2 Å². The third-order valence-corrected chi connectivity index (χ3v) is 3.61. The zero-order valence-corrected chi connectivity index (χ0v) is 11.2. The lowest BCUT2D eigenvalue weighted by Gasteiger charge is -2.16. The van der Waals surface area contributed by atoms with Gasteiger partial charge in [-0.05, 0) is 13.0 Å². The zero-order chi connectivity index (χ0) is 15.1. The first-order valence-electron chi connectivity index (χ1n) is 6.33. The van der Waals surface area contributed by atoms with Gasteiger partial charge in [0.2, 0.25) is 0 Å². The first kappa shape index (κ1) is 13.4. The predicted octanol–water partition coefficient (Wildman–Crippen LogP) is 1.94. The summed E-state index contributed by atoms with van der Waals surface area (Å²) in [5.74, 6) is -0.500. The van der Waals surface area contributed by atoms with Crippen LogP contribution in [-0.2, 0) is 11.3 Å². The van der Waals surface area contributed by atoms with Crippen molar-refractivity contribution in [2.75, 3.05) is 0 Å². The van der Waals surface area contributed by atoms with Gasteiger partial charge in [0.25, 0.3) is 0 Å². The predicted molar refractivity (Wildman–Crippen MR) is 72.4 cm³/mol. The highest BCUT2D eigenvalue weighted by Gasteiger charge is 2.31. The maximum Gasteiger partial charge on any atom is 0.153 e. The van der Waals surface area contributed by atoms with Gasteiger partial charge in [-0.25, -0.2) is 0 Å². The molecule has 3 N–H and O–H groups in total. The minimum absolute atomic E-state index is 0.00938. The number of ether oxygens (including phenoxy) is 1. The molecule has 0 spiro atoms. The molecule has 1 unspecified atom stereocenters. The van der Waals surface area contributed by atoms with Crippen LogP contribution in [0.15, 0.2) is 18.3 Å². The number of pyridine rings is 1. The summed E-state index contributed by atoms with van der Waals surface area (Å²) in [6.45, 7) is 1.91. The average Bonchev–Trinajstić information content (AvgIpc) is 2.88. The maximum absolute atomic E-state index is 10.9.